The predicted octanol–water partition coefficient (Wildman–Crippen LogP) is 4.91. The molecular formula is C18H30N2O. The van der Waals surface area contributed by atoms with Gasteiger partial charge in [-0.2, -0.15) is 0 Å². The van der Waals surface area contributed by atoms with Gasteiger partial charge < -0.3 is 11.1 Å². The summed E-state index contributed by atoms with van der Waals surface area (Å²) in [4.78, 5) is 11.9. The second kappa shape index (κ2) is 10.3. The molecule has 0 fully saturated rings. The number of nitrogens with two attached hydrogens (primary N) is 1. The van der Waals surface area contributed by atoms with E-state index in [0.717, 1.165) is 36.2 Å². The van der Waals surface area contributed by atoms with Gasteiger partial charge in [0.2, 0.25) is 5.91 Å². The first-order valence-electron chi connectivity index (χ1n) is 8.35. The first-order chi connectivity index (χ1) is 10.2. The quantitative estimate of drug-likeness (QED) is 0.475. The molecule has 0 spiro atoms. The van der Waals surface area contributed by atoms with E-state index in [9.17, 15) is 4.79 Å². The molecule has 21 heavy (non-hydrogen) atoms. The predicted molar refractivity (Wildman–Crippen MR) is 91.5 cm³/mol. The summed E-state index contributed by atoms with van der Waals surface area (Å²) in [6, 6.07) is 5.76. The molecule has 0 radical (unpaired) electrons. The normalized spacial score (nSPS) is 10.6. The third-order valence-electron chi connectivity index (χ3n) is 3.82. The molecule has 1 amide bonds. The maximum atomic E-state index is 11.9. The van der Waals surface area contributed by atoms with E-state index >= 15 is 0 Å². The number of unbranched alkanes of at least 4 members (excludes halogenated alkanes) is 6. The number of hydrogen-bond acceptors (Lipinski definition) is 2. The van der Waals surface area contributed by atoms with E-state index in [1.54, 1.807) is 0 Å². The SMILES string of the molecule is CCCCCCCCCC(=O)Nc1ccc(CC)c(N)c1. The number of amides is 1. The fraction of sp³-hybridized carbons (Fsp3) is 0.611. The summed E-state index contributed by atoms with van der Waals surface area (Å²) in [5.41, 5.74) is 8.62. The average molecular weight is 290 g/mol. The highest BCUT2D eigenvalue weighted by molar-refractivity contribution is 5.91. The minimum absolute atomic E-state index is 0.0900. The van der Waals surface area contributed by atoms with Crippen LogP contribution in [0.4, 0.5) is 11.4 Å². The van der Waals surface area contributed by atoms with E-state index in [1.165, 1.54) is 32.1 Å². The van der Waals surface area contributed by atoms with Crippen molar-refractivity contribution in [3.05, 3.63) is 23.8 Å². The number of hydrogen-bond donors (Lipinski definition) is 2. The van der Waals surface area contributed by atoms with Crippen molar-refractivity contribution in [2.75, 3.05) is 11.1 Å². The first kappa shape index (κ1) is 17.5. The van der Waals surface area contributed by atoms with Gasteiger partial charge in [0.25, 0.3) is 0 Å². The zero-order chi connectivity index (χ0) is 15.5. The molecule has 3 nitrogen and oxygen atoms in total. The first-order valence-corrected chi connectivity index (χ1v) is 8.35. The molecule has 3 N–H and O–H groups in total. The lowest BCUT2D eigenvalue weighted by Crippen LogP contribution is -2.11. The van der Waals surface area contributed by atoms with Gasteiger partial charge in [0.15, 0.2) is 0 Å². The average Bonchev–Trinajstić information content (AvgIpc) is 2.46. The maximum absolute atomic E-state index is 11.9. The summed E-state index contributed by atoms with van der Waals surface area (Å²) in [5, 5.41) is 2.93. The van der Waals surface area contributed by atoms with Crippen LogP contribution in [0.2, 0.25) is 0 Å². The summed E-state index contributed by atoms with van der Waals surface area (Å²) in [5.74, 6) is 0.0900. The number of benzene rings is 1. The number of aryl methyl sites for hydroxylation is 1. The standard InChI is InChI=1S/C18H30N2O/c1-3-5-6-7-8-9-10-11-18(21)20-16-13-12-15(4-2)17(19)14-16/h12-14H,3-11,19H2,1-2H3,(H,20,21). The number of carbonyl (C=O) groups is 1. The Morgan fingerprint density at radius 3 is 2.33 bits per heavy atom. The van der Waals surface area contributed by atoms with Crippen molar-refractivity contribution in [3.63, 3.8) is 0 Å². The molecule has 1 rings (SSSR count). The highest BCUT2D eigenvalue weighted by atomic mass is 16.1. The summed E-state index contributed by atoms with van der Waals surface area (Å²) in [6.45, 7) is 4.30. The Labute approximate surface area is 129 Å². The van der Waals surface area contributed by atoms with Gasteiger partial charge >= 0.3 is 0 Å². The molecule has 0 aliphatic rings. The van der Waals surface area contributed by atoms with Crippen molar-refractivity contribution in [3.8, 4) is 0 Å². The fourth-order valence-electron chi connectivity index (χ4n) is 2.46. The van der Waals surface area contributed by atoms with Crippen LogP contribution in [0.5, 0.6) is 0 Å². The lowest BCUT2D eigenvalue weighted by molar-refractivity contribution is -0.116. The molecule has 0 atom stereocenters. The van der Waals surface area contributed by atoms with Crippen LogP contribution in [0, 0.1) is 0 Å². The monoisotopic (exact) mass is 290 g/mol. The van der Waals surface area contributed by atoms with Crippen LogP contribution < -0.4 is 11.1 Å². The van der Waals surface area contributed by atoms with E-state index in [0.29, 0.717) is 6.42 Å². The summed E-state index contributed by atoms with van der Waals surface area (Å²) in [6.07, 6.45) is 10.1. The van der Waals surface area contributed by atoms with Gasteiger partial charge in [-0.25, -0.2) is 0 Å². The van der Waals surface area contributed by atoms with E-state index in [-0.39, 0.29) is 5.91 Å². The third kappa shape index (κ3) is 7.16. The molecule has 0 bridgehead atoms. The lowest BCUT2D eigenvalue weighted by atomic mass is 10.1. The largest absolute Gasteiger partial charge is 0.398 e. The molecule has 0 unspecified atom stereocenters. The number of anilines is 2. The van der Waals surface area contributed by atoms with Crippen LogP contribution in [0.1, 0.15) is 70.8 Å². The molecule has 0 aliphatic carbocycles. The Bertz CT molecular complexity index is 429. The van der Waals surface area contributed by atoms with Crippen LogP contribution in [0.15, 0.2) is 18.2 Å². The van der Waals surface area contributed by atoms with Crippen molar-refractivity contribution in [1.29, 1.82) is 0 Å². The van der Waals surface area contributed by atoms with Crippen LogP contribution in [-0.2, 0) is 11.2 Å². The number of carbonyl (C=O) groups excluding carboxylic acids is 1. The van der Waals surface area contributed by atoms with Crippen molar-refractivity contribution >= 4 is 17.3 Å². The molecule has 1 aromatic carbocycles. The Balaban J connectivity index is 2.20. The van der Waals surface area contributed by atoms with E-state index in [4.69, 9.17) is 5.73 Å². The van der Waals surface area contributed by atoms with Crippen molar-refractivity contribution in [2.24, 2.45) is 0 Å². The van der Waals surface area contributed by atoms with Gasteiger partial charge in [0.05, 0.1) is 0 Å². The zero-order valence-corrected chi connectivity index (χ0v) is 13.6. The smallest absolute Gasteiger partial charge is 0.224 e. The molecule has 0 saturated heterocycles. The van der Waals surface area contributed by atoms with E-state index < -0.39 is 0 Å². The number of nitrogens with one attached hydrogen (secondary N) is 1. The molecule has 3 heteroatoms. The van der Waals surface area contributed by atoms with Crippen LogP contribution in [0.25, 0.3) is 0 Å². The number of rotatable bonds is 10. The molecule has 0 aliphatic heterocycles. The molecule has 0 saturated carbocycles. The Morgan fingerprint density at radius 2 is 1.71 bits per heavy atom. The maximum Gasteiger partial charge on any atom is 0.224 e. The van der Waals surface area contributed by atoms with Gasteiger partial charge in [0.1, 0.15) is 0 Å². The Kier molecular flexibility index (Phi) is 8.56. The molecule has 118 valence electrons. The molecule has 0 heterocycles. The topological polar surface area (TPSA) is 55.1 Å². The summed E-state index contributed by atoms with van der Waals surface area (Å²) in [7, 11) is 0. The van der Waals surface area contributed by atoms with Gasteiger partial charge in [-0.3, -0.25) is 4.79 Å². The second-order valence-corrected chi connectivity index (χ2v) is 5.69. The minimum Gasteiger partial charge on any atom is -0.398 e. The Morgan fingerprint density at radius 1 is 1.05 bits per heavy atom. The van der Waals surface area contributed by atoms with Gasteiger partial charge in [-0.15, -0.1) is 0 Å². The number of nitrogen functional groups attached to an aromatic ring is 1. The third-order valence-corrected chi connectivity index (χ3v) is 3.82. The second-order valence-electron chi connectivity index (χ2n) is 5.69. The van der Waals surface area contributed by atoms with E-state index in [1.807, 2.05) is 18.2 Å². The van der Waals surface area contributed by atoms with Crippen molar-refractivity contribution in [1.82, 2.24) is 0 Å². The zero-order valence-electron chi connectivity index (χ0n) is 13.6. The molecular weight excluding hydrogens is 260 g/mol. The van der Waals surface area contributed by atoms with E-state index in [2.05, 4.69) is 19.2 Å². The van der Waals surface area contributed by atoms with Crippen molar-refractivity contribution < 1.29 is 4.79 Å². The lowest BCUT2D eigenvalue weighted by Gasteiger charge is -2.08. The van der Waals surface area contributed by atoms with Crippen LogP contribution in [0.3, 0.4) is 0 Å². The van der Waals surface area contributed by atoms with Gasteiger partial charge in [0, 0.05) is 17.8 Å². The highest BCUT2D eigenvalue weighted by Gasteiger charge is 2.04. The minimum atomic E-state index is 0.0900. The van der Waals surface area contributed by atoms with Crippen LogP contribution in [-0.4, -0.2) is 5.91 Å². The van der Waals surface area contributed by atoms with Crippen LogP contribution >= 0.6 is 0 Å². The Hall–Kier alpha value is -1.51. The summed E-state index contributed by atoms with van der Waals surface area (Å²) >= 11 is 0. The molecule has 0 aromatic heterocycles. The highest BCUT2D eigenvalue weighted by Crippen LogP contribution is 2.19. The molecule has 1 aromatic rings. The van der Waals surface area contributed by atoms with Gasteiger partial charge in [-0.05, 0) is 30.5 Å². The fourth-order valence-corrected chi connectivity index (χ4v) is 2.46. The summed E-state index contributed by atoms with van der Waals surface area (Å²) < 4.78 is 0. The van der Waals surface area contributed by atoms with Crippen molar-refractivity contribution in [2.45, 2.75) is 71.6 Å². The van der Waals surface area contributed by atoms with Gasteiger partial charge in [-0.1, -0.05) is 58.4 Å².